The molecule has 1 heterocycles. The highest BCUT2D eigenvalue weighted by molar-refractivity contribution is 9.08. The van der Waals surface area contributed by atoms with Crippen LogP contribution >= 0.6 is 27.3 Å². The second-order valence-corrected chi connectivity index (χ2v) is 4.44. The Morgan fingerprint density at radius 3 is 2.92 bits per heavy atom. The Labute approximate surface area is 88.5 Å². The summed E-state index contributed by atoms with van der Waals surface area (Å²) in [5.74, 6) is -0.0758. The molecule has 0 aliphatic carbocycles. The lowest BCUT2D eigenvalue weighted by Gasteiger charge is -2.00. The molecule has 0 saturated heterocycles. The van der Waals surface area contributed by atoms with Crippen molar-refractivity contribution in [1.29, 1.82) is 0 Å². The van der Waals surface area contributed by atoms with Gasteiger partial charge in [-0.1, -0.05) is 22.0 Å². The average molecular weight is 259 g/mol. The molecule has 0 saturated carbocycles. The Morgan fingerprint density at radius 1 is 1.46 bits per heavy atom. The summed E-state index contributed by atoms with van der Waals surface area (Å²) in [6.45, 7) is 1.94. The highest BCUT2D eigenvalue weighted by atomic mass is 79.9. The first kappa shape index (κ1) is 9.16. The fraction of sp³-hybridized carbons (Fsp3) is 0.200. The maximum Gasteiger partial charge on any atom is 0.136 e. The zero-order valence-electron chi connectivity index (χ0n) is 7.10. The van der Waals surface area contributed by atoms with Crippen molar-refractivity contribution in [1.82, 2.24) is 0 Å². The third-order valence-electron chi connectivity index (χ3n) is 2.08. The van der Waals surface area contributed by atoms with Gasteiger partial charge in [-0.25, -0.2) is 4.39 Å². The van der Waals surface area contributed by atoms with Crippen LogP contribution in [0.25, 0.3) is 10.1 Å². The van der Waals surface area contributed by atoms with E-state index in [1.807, 2.05) is 24.4 Å². The largest absolute Gasteiger partial charge is 0.206 e. The van der Waals surface area contributed by atoms with E-state index in [1.54, 1.807) is 11.3 Å². The molecule has 0 amide bonds. The smallest absolute Gasteiger partial charge is 0.136 e. The molecule has 0 spiro atoms. The number of aryl methyl sites for hydroxylation is 1. The van der Waals surface area contributed by atoms with Crippen molar-refractivity contribution in [2.45, 2.75) is 12.3 Å². The lowest BCUT2D eigenvalue weighted by atomic mass is 10.1. The molecule has 2 aromatic rings. The number of halogens is 2. The molecule has 1 aromatic heterocycles. The van der Waals surface area contributed by atoms with Crippen LogP contribution in [-0.2, 0) is 5.33 Å². The van der Waals surface area contributed by atoms with Crippen LogP contribution in [0.2, 0.25) is 0 Å². The van der Waals surface area contributed by atoms with E-state index in [-0.39, 0.29) is 5.82 Å². The van der Waals surface area contributed by atoms with Crippen LogP contribution in [0, 0.1) is 12.7 Å². The summed E-state index contributed by atoms with van der Waals surface area (Å²) in [4.78, 5) is 0. The minimum Gasteiger partial charge on any atom is -0.206 e. The number of rotatable bonds is 1. The highest BCUT2D eigenvalue weighted by Crippen LogP contribution is 2.30. The molecule has 0 atom stereocenters. The number of alkyl halides is 1. The highest BCUT2D eigenvalue weighted by Gasteiger charge is 2.09. The van der Waals surface area contributed by atoms with E-state index < -0.39 is 0 Å². The van der Waals surface area contributed by atoms with Crippen LogP contribution in [0.1, 0.15) is 11.1 Å². The predicted octanol–water partition coefficient (Wildman–Crippen LogP) is 4.24. The average Bonchev–Trinajstić information content (AvgIpc) is 2.49. The van der Waals surface area contributed by atoms with Gasteiger partial charge < -0.3 is 0 Å². The Bertz CT molecular complexity index is 447. The SMILES string of the molecule is Cc1csc2ccc(CBr)c(F)c12. The fourth-order valence-electron chi connectivity index (χ4n) is 1.38. The number of hydrogen-bond donors (Lipinski definition) is 0. The van der Waals surface area contributed by atoms with Gasteiger partial charge in [0.2, 0.25) is 0 Å². The molecule has 0 nitrogen and oxygen atoms in total. The van der Waals surface area contributed by atoms with E-state index in [0.29, 0.717) is 5.33 Å². The van der Waals surface area contributed by atoms with Crippen LogP contribution in [0.5, 0.6) is 0 Å². The monoisotopic (exact) mass is 258 g/mol. The third-order valence-corrected chi connectivity index (χ3v) is 3.75. The van der Waals surface area contributed by atoms with Gasteiger partial charge in [0.05, 0.1) is 0 Å². The Morgan fingerprint density at radius 2 is 2.23 bits per heavy atom. The van der Waals surface area contributed by atoms with Gasteiger partial charge in [-0.2, -0.15) is 0 Å². The minimum absolute atomic E-state index is 0.0758. The number of thiophene rings is 1. The van der Waals surface area contributed by atoms with Gasteiger partial charge in [-0.05, 0) is 29.5 Å². The molecular weight excluding hydrogens is 251 g/mol. The second kappa shape index (κ2) is 3.39. The first-order chi connectivity index (χ1) is 6.24. The molecule has 0 fully saturated rings. The van der Waals surface area contributed by atoms with Gasteiger partial charge in [-0.15, -0.1) is 11.3 Å². The van der Waals surface area contributed by atoms with Crippen molar-refractivity contribution in [3.63, 3.8) is 0 Å². The number of hydrogen-bond acceptors (Lipinski definition) is 1. The van der Waals surface area contributed by atoms with Gasteiger partial charge in [-0.3, -0.25) is 0 Å². The van der Waals surface area contributed by atoms with Gasteiger partial charge in [0.1, 0.15) is 5.82 Å². The van der Waals surface area contributed by atoms with E-state index in [4.69, 9.17) is 0 Å². The Balaban J connectivity index is 2.83. The van der Waals surface area contributed by atoms with Gasteiger partial charge in [0.25, 0.3) is 0 Å². The maximum absolute atomic E-state index is 13.7. The van der Waals surface area contributed by atoms with Gasteiger partial charge in [0.15, 0.2) is 0 Å². The first-order valence-electron chi connectivity index (χ1n) is 3.95. The molecule has 0 aliphatic rings. The van der Waals surface area contributed by atoms with Crippen LogP contribution in [0.3, 0.4) is 0 Å². The van der Waals surface area contributed by atoms with Crippen LogP contribution in [0.15, 0.2) is 17.5 Å². The quantitative estimate of drug-likeness (QED) is 0.672. The summed E-state index contributed by atoms with van der Waals surface area (Å²) < 4.78 is 14.8. The summed E-state index contributed by atoms with van der Waals surface area (Å²) in [7, 11) is 0. The zero-order chi connectivity index (χ0) is 9.42. The molecule has 0 radical (unpaired) electrons. The Kier molecular flexibility index (Phi) is 2.39. The topological polar surface area (TPSA) is 0 Å². The first-order valence-corrected chi connectivity index (χ1v) is 5.95. The summed E-state index contributed by atoms with van der Waals surface area (Å²) in [6, 6.07) is 3.81. The maximum atomic E-state index is 13.7. The van der Waals surface area contributed by atoms with E-state index in [0.717, 1.165) is 21.2 Å². The standard InChI is InChI=1S/C10H8BrFS/c1-6-5-13-8-3-2-7(4-11)10(12)9(6)8/h2-3,5H,4H2,1H3. The van der Waals surface area contributed by atoms with Crippen LogP contribution < -0.4 is 0 Å². The normalized spacial score (nSPS) is 11.0. The van der Waals surface area contributed by atoms with Gasteiger partial charge >= 0.3 is 0 Å². The van der Waals surface area contributed by atoms with E-state index in [9.17, 15) is 4.39 Å². The van der Waals surface area contributed by atoms with Crippen molar-refractivity contribution >= 4 is 37.4 Å². The van der Waals surface area contributed by atoms with Crippen molar-refractivity contribution in [2.75, 3.05) is 0 Å². The molecular formula is C10H8BrFS. The van der Waals surface area contributed by atoms with Gasteiger partial charge in [0, 0.05) is 15.4 Å². The zero-order valence-corrected chi connectivity index (χ0v) is 9.51. The van der Waals surface area contributed by atoms with Crippen molar-refractivity contribution in [2.24, 2.45) is 0 Å². The van der Waals surface area contributed by atoms with Crippen molar-refractivity contribution < 1.29 is 4.39 Å². The summed E-state index contributed by atoms with van der Waals surface area (Å²) in [6.07, 6.45) is 0. The molecule has 13 heavy (non-hydrogen) atoms. The molecule has 1 aromatic carbocycles. The van der Waals surface area contributed by atoms with E-state index in [1.165, 1.54) is 0 Å². The molecule has 2 rings (SSSR count). The lowest BCUT2D eigenvalue weighted by Crippen LogP contribution is -1.86. The fourth-order valence-corrected chi connectivity index (χ4v) is 2.75. The van der Waals surface area contributed by atoms with E-state index in [2.05, 4.69) is 15.9 Å². The summed E-state index contributed by atoms with van der Waals surface area (Å²) in [5.41, 5.74) is 1.76. The number of fused-ring (bicyclic) bond motifs is 1. The predicted molar refractivity (Wildman–Crippen MR) is 59.2 cm³/mol. The molecule has 0 aliphatic heterocycles. The van der Waals surface area contributed by atoms with Crippen molar-refractivity contribution in [3.05, 3.63) is 34.5 Å². The Hall–Kier alpha value is -0.410. The van der Waals surface area contributed by atoms with Crippen LogP contribution in [-0.4, -0.2) is 0 Å². The molecule has 3 heteroatoms. The molecule has 68 valence electrons. The molecule has 0 N–H and O–H groups in total. The number of benzene rings is 1. The lowest BCUT2D eigenvalue weighted by molar-refractivity contribution is 0.629. The molecule has 0 unspecified atom stereocenters. The minimum atomic E-state index is -0.0758. The summed E-state index contributed by atoms with van der Waals surface area (Å²) in [5, 5.41) is 3.34. The second-order valence-electron chi connectivity index (χ2n) is 2.96. The molecule has 0 bridgehead atoms. The third kappa shape index (κ3) is 1.40. The summed E-state index contributed by atoms with van der Waals surface area (Å²) >= 11 is 4.86. The van der Waals surface area contributed by atoms with Crippen molar-refractivity contribution in [3.8, 4) is 0 Å². The van der Waals surface area contributed by atoms with E-state index >= 15 is 0 Å². The van der Waals surface area contributed by atoms with Crippen LogP contribution in [0.4, 0.5) is 4.39 Å².